The molecule has 0 aromatic carbocycles. The summed E-state index contributed by atoms with van der Waals surface area (Å²) in [5.41, 5.74) is 0. The topological polar surface area (TPSA) is 32.3 Å². The van der Waals surface area contributed by atoms with Gasteiger partial charge in [-0.15, -0.1) is 0 Å². The average Bonchev–Trinajstić information content (AvgIpc) is 2.70. The van der Waals surface area contributed by atoms with Gasteiger partial charge in [0.1, 0.15) is 0 Å². The molecule has 1 aliphatic rings. The Balaban J connectivity index is 2.36. The van der Waals surface area contributed by atoms with Crippen molar-refractivity contribution in [3.63, 3.8) is 0 Å². The zero-order chi connectivity index (χ0) is 9.14. The van der Waals surface area contributed by atoms with Crippen LogP contribution in [0.15, 0.2) is 0 Å². The summed E-state index contributed by atoms with van der Waals surface area (Å²) in [4.78, 5) is 13.4. The molecule has 3 nitrogen and oxygen atoms in total. The first kappa shape index (κ1) is 9.36. The van der Waals surface area contributed by atoms with E-state index in [-0.39, 0.29) is 12.1 Å². The Kier molecular flexibility index (Phi) is 2.95. The average molecular weight is 170 g/mol. The van der Waals surface area contributed by atoms with E-state index >= 15 is 0 Å². The minimum atomic E-state index is 0.0926. The molecular weight excluding hydrogens is 152 g/mol. The predicted molar refractivity (Wildman–Crippen MR) is 49.1 cm³/mol. The van der Waals surface area contributed by atoms with E-state index < -0.39 is 0 Å². The Morgan fingerprint density at radius 3 is 2.50 bits per heavy atom. The van der Waals surface area contributed by atoms with Crippen molar-refractivity contribution in [2.45, 2.75) is 45.7 Å². The third-order valence-corrected chi connectivity index (χ3v) is 2.00. The molecule has 1 rings (SSSR count). The van der Waals surface area contributed by atoms with Crippen LogP contribution in [-0.2, 0) is 0 Å². The van der Waals surface area contributed by atoms with E-state index in [9.17, 15) is 4.79 Å². The molecule has 70 valence electrons. The quantitative estimate of drug-likeness (QED) is 0.685. The number of hydrogen-bond donors (Lipinski definition) is 1. The van der Waals surface area contributed by atoms with E-state index in [0.717, 1.165) is 6.54 Å². The third kappa shape index (κ3) is 2.40. The van der Waals surface area contributed by atoms with Crippen LogP contribution in [0.2, 0.25) is 0 Å². The van der Waals surface area contributed by atoms with Crippen molar-refractivity contribution in [3.8, 4) is 0 Å². The van der Waals surface area contributed by atoms with Gasteiger partial charge in [0.25, 0.3) is 0 Å². The van der Waals surface area contributed by atoms with Gasteiger partial charge in [-0.05, 0) is 33.6 Å². The Hall–Kier alpha value is -0.730. The fourth-order valence-corrected chi connectivity index (χ4v) is 1.28. The van der Waals surface area contributed by atoms with Crippen molar-refractivity contribution in [1.29, 1.82) is 0 Å². The lowest BCUT2D eigenvalue weighted by molar-refractivity contribution is 0.195. The summed E-state index contributed by atoms with van der Waals surface area (Å²) in [6.07, 6.45) is 2.36. The normalized spacial score (nSPS) is 16.3. The molecule has 1 fully saturated rings. The SMILES string of the molecule is CCN(C(=O)NC(C)C)C1CC1. The predicted octanol–water partition coefficient (Wildman–Crippen LogP) is 1.59. The molecule has 0 saturated heterocycles. The highest BCUT2D eigenvalue weighted by Crippen LogP contribution is 2.26. The van der Waals surface area contributed by atoms with Crippen molar-refractivity contribution < 1.29 is 4.79 Å². The van der Waals surface area contributed by atoms with Crippen LogP contribution in [0, 0.1) is 0 Å². The van der Waals surface area contributed by atoms with Gasteiger partial charge in [0.05, 0.1) is 0 Å². The third-order valence-electron chi connectivity index (χ3n) is 2.00. The van der Waals surface area contributed by atoms with Crippen molar-refractivity contribution in [3.05, 3.63) is 0 Å². The number of nitrogens with one attached hydrogen (secondary N) is 1. The summed E-state index contributed by atoms with van der Waals surface area (Å²) in [6.45, 7) is 6.82. The Morgan fingerprint density at radius 2 is 2.17 bits per heavy atom. The number of carbonyl (C=O) groups excluding carboxylic acids is 1. The number of rotatable bonds is 3. The van der Waals surface area contributed by atoms with Gasteiger partial charge in [-0.25, -0.2) is 4.79 Å². The molecule has 0 aromatic rings. The maximum atomic E-state index is 11.5. The smallest absolute Gasteiger partial charge is 0.317 e. The van der Waals surface area contributed by atoms with E-state index in [1.54, 1.807) is 0 Å². The second-order valence-corrected chi connectivity index (χ2v) is 3.62. The summed E-state index contributed by atoms with van der Waals surface area (Å²) in [6, 6.07) is 0.856. The van der Waals surface area contributed by atoms with Gasteiger partial charge in [-0.3, -0.25) is 0 Å². The molecule has 12 heavy (non-hydrogen) atoms. The Bertz CT molecular complexity index is 164. The van der Waals surface area contributed by atoms with Crippen molar-refractivity contribution >= 4 is 6.03 Å². The van der Waals surface area contributed by atoms with E-state index in [1.165, 1.54) is 12.8 Å². The molecule has 0 heterocycles. The van der Waals surface area contributed by atoms with E-state index in [0.29, 0.717) is 6.04 Å². The number of carbonyl (C=O) groups is 1. The molecule has 0 aliphatic heterocycles. The summed E-state index contributed by atoms with van der Waals surface area (Å²) in [5, 5.41) is 2.90. The Morgan fingerprint density at radius 1 is 1.58 bits per heavy atom. The standard InChI is InChI=1S/C9H18N2O/c1-4-11(8-5-6-8)9(12)10-7(2)3/h7-8H,4-6H2,1-3H3,(H,10,12). The molecule has 2 amide bonds. The second kappa shape index (κ2) is 3.78. The first-order valence-corrected chi connectivity index (χ1v) is 4.72. The molecule has 1 saturated carbocycles. The zero-order valence-corrected chi connectivity index (χ0v) is 8.13. The summed E-state index contributed by atoms with van der Waals surface area (Å²) in [7, 11) is 0. The van der Waals surface area contributed by atoms with E-state index in [2.05, 4.69) is 5.32 Å². The van der Waals surface area contributed by atoms with Crippen molar-refractivity contribution in [1.82, 2.24) is 10.2 Å². The van der Waals surface area contributed by atoms with Gasteiger partial charge < -0.3 is 10.2 Å². The molecule has 3 heteroatoms. The van der Waals surface area contributed by atoms with Gasteiger partial charge in [0.15, 0.2) is 0 Å². The second-order valence-electron chi connectivity index (χ2n) is 3.62. The van der Waals surface area contributed by atoms with E-state index in [1.807, 2.05) is 25.7 Å². The summed E-state index contributed by atoms with van der Waals surface area (Å²) < 4.78 is 0. The number of urea groups is 1. The van der Waals surface area contributed by atoms with Crippen molar-refractivity contribution in [2.75, 3.05) is 6.54 Å². The largest absolute Gasteiger partial charge is 0.336 e. The van der Waals surface area contributed by atoms with Gasteiger partial charge in [-0.2, -0.15) is 0 Å². The maximum absolute atomic E-state index is 11.5. The number of nitrogens with zero attached hydrogens (tertiary/aromatic N) is 1. The molecule has 0 aromatic heterocycles. The van der Waals surface area contributed by atoms with E-state index in [4.69, 9.17) is 0 Å². The lowest BCUT2D eigenvalue weighted by Gasteiger charge is -2.22. The van der Waals surface area contributed by atoms with Crippen LogP contribution in [-0.4, -0.2) is 29.6 Å². The maximum Gasteiger partial charge on any atom is 0.317 e. The molecular formula is C9H18N2O. The fourth-order valence-electron chi connectivity index (χ4n) is 1.28. The van der Waals surface area contributed by atoms with Gasteiger partial charge in [0.2, 0.25) is 0 Å². The Labute approximate surface area is 74.1 Å². The van der Waals surface area contributed by atoms with Gasteiger partial charge >= 0.3 is 6.03 Å². The minimum absolute atomic E-state index is 0.0926. The minimum Gasteiger partial charge on any atom is -0.336 e. The van der Waals surface area contributed by atoms with Crippen LogP contribution in [0.1, 0.15) is 33.6 Å². The molecule has 0 unspecified atom stereocenters. The molecule has 0 atom stereocenters. The summed E-state index contributed by atoms with van der Waals surface area (Å²) >= 11 is 0. The molecule has 0 bridgehead atoms. The lowest BCUT2D eigenvalue weighted by Crippen LogP contribution is -2.43. The molecule has 1 N–H and O–H groups in total. The van der Waals surface area contributed by atoms with Crippen LogP contribution in [0.4, 0.5) is 4.79 Å². The van der Waals surface area contributed by atoms with Crippen LogP contribution in [0.25, 0.3) is 0 Å². The highest BCUT2D eigenvalue weighted by molar-refractivity contribution is 5.75. The first-order chi connectivity index (χ1) is 5.65. The molecule has 0 radical (unpaired) electrons. The highest BCUT2D eigenvalue weighted by atomic mass is 16.2. The van der Waals surface area contributed by atoms with Crippen LogP contribution >= 0.6 is 0 Å². The first-order valence-electron chi connectivity index (χ1n) is 4.72. The van der Waals surface area contributed by atoms with Gasteiger partial charge in [0, 0.05) is 18.6 Å². The molecule has 1 aliphatic carbocycles. The number of amides is 2. The van der Waals surface area contributed by atoms with Gasteiger partial charge in [-0.1, -0.05) is 0 Å². The van der Waals surface area contributed by atoms with Crippen LogP contribution < -0.4 is 5.32 Å². The highest BCUT2D eigenvalue weighted by Gasteiger charge is 2.31. The molecule has 0 spiro atoms. The zero-order valence-electron chi connectivity index (χ0n) is 8.13. The number of hydrogen-bond acceptors (Lipinski definition) is 1. The van der Waals surface area contributed by atoms with Crippen LogP contribution in [0.3, 0.4) is 0 Å². The summed E-state index contributed by atoms with van der Waals surface area (Å²) in [5.74, 6) is 0. The fraction of sp³-hybridized carbons (Fsp3) is 0.889. The monoisotopic (exact) mass is 170 g/mol. The van der Waals surface area contributed by atoms with Crippen molar-refractivity contribution in [2.24, 2.45) is 0 Å². The lowest BCUT2D eigenvalue weighted by atomic mass is 10.4. The van der Waals surface area contributed by atoms with Crippen LogP contribution in [0.5, 0.6) is 0 Å².